The van der Waals surface area contributed by atoms with Crippen molar-refractivity contribution in [3.8, 4) is 0 Å². The molecule has 1 radical (unpaired) electrons. The average molecular weight is 730 g/mol. The molecule has 3 rings (SSSR count). The van der Waals surface area contributed by atoms with E-state index in [0.29, 0.717) is 34.3 Å². The minimum atomic E-state index is -0.522. The van der Waals surface area contributed by atoms with E-state index in [9.17, 15) is 28.8 Å². The number of Topliss-reactive ketones (excluding diaryl/α,β-unsaturated/α-hetero) is 6. The monoisotopic (exact) mass is 728 g/mol. The summed E-state index contributed by atoms with van der Waals surface area (Å²) in [4.78, 5) is 67.3. The van der Waals surface area contributed by atoms with Crippen LogP contribution in [0.2, 0.25) is 15.1 Å². The van der Waals surface area contributed by atoms with E-state index in [2.05, 4.69) is 0 Å². The van der Waals surface area contributed by atoms with Crippen molar-refractivity contribution in [1.82, 2.24) is 0 Å². The van der Waals surface area contributed by atoms with Gasteiger partial charge in [-0.05, 0) is 114 Å². The van der Waals surface area contributed by atoms with Crippen LogP contribution in [0.4, 0.5) is 0 Å². The van der Waals surface area contributed by atoms with Crippen LogP contribution in [0.15, 0.2) is 72.8 Å². The molecule has 0 aliphatic carbocycles. The topological polar surface area (TPSA) is 102 Å². The van der Waals surface area contributed by atoms with Crippen LogP contribution in [0.3, 0.4) is 0 Å². The number of carbonyl (C=O) groups is 6. The smallest absolute Gasteiger partial charge is 0.299 e. The molecule has 0 unspecified atom stereocenters. The Morgan fingerprint density at radius 1 is 0.391 bits per heavy atom. The van der Waals surface area contributed by atoms with Crippen LogP contribution >= 0.6 is 34.8 Å². The van der Waals surface area contributed by atoms with E-state index in [1.807, 2.05) is 36.4 Å². The average Bonchev–Trinajstić information content (AvgIpc) is 2.95. The Labute approximate surface area is 297 Å². The molecule has 0 atom stereocenters. The number of carbonyl (C=O) groups excluding carboxylic acids is 6. The quantitative estimate of drug-likeness (QED) is 0.138. The third kappa shape index (κ3) is 16.6. The molecule has 245 valence electrons. The molecule has 0 amide bonds. The Hall–Kier alpha value is -2.93. The number of benzene rings is 3. The third-order valence-electron chi connectivity index (χ3n) is 7.00. The van der Waals surface area contributed by atoms with Crippen molar-refractivity contribution in [2.45, 2.75) is 60.8 Å². The van der Waals surface area contributed by atoms with Gasteiger partial charge in [-0.2, -0.15) is 0 Å². The molecule has 10 heteroatoms. The van der Waals surface area contributed by atoms with Crippen LogP contribution in [-0.2, 0) is 65.1 Å². The predicted octanol–water partition coefficient (Wildman–Crippen LogP) is 8.03. The van der Waals surface area contributed by atoms with E-state index < -0.39 is 17.8 Å². The fraction of sp³-hybridized carbons (Fsp3) is 0.333. The van der Waals surface area contributed by atoms with Gasteiger partial charge in [-0.15, -0.1) is 0 Å². The van der Waals surface area contributed by atoms with Crippen LogP contribution in [-0.4, -0.2) is 34.7 Å². The molecule has 3 aromatic rings. The van der Waals surface area contributed by atoms with E-state index in [4.69, 9.17) is 34.8 Å². The zero-order valence-electron chi connectivity index (χ0n) is 26.7. The molecule has 0 fully saturated rings. The Bertz CT molecular complexity index is 1250. The Balaban J connectivity index is 0.000000653. The van der Waals surface area contributed by atoms with E-state index in [0.717, 1.165) is 16.7 Å². The molecule has 0 bridgehead atoms. The maximum absolute atomic E-state index is 11.2. The van der Waals surface area contributed by atoms with E-state index in [1.165, 1.54) is 41.5 Å². The SMILES string of the molecule is CC(=O)C(Cc1ccc(Cl)cc1)C(C)=O.CC(=O)C(Cc1ccc(Cl)cc1)C(C)=O.CC(=O)C(Cc1ccc(Cl)cc1)C(C)=O.[Fe+3]. The molecule has 0 aromatic heterocycles. The van der Waals surface area contributed by atoms with Crippen molar-refractivity contribution in [1.29, 1.82) is 0 Å². The van der Waals surface area contributed by atoms with Crippen molar-refractivity contribution >= 4 is 69.5 Å². The summed E-state index contributed by atoms with van der Waals surface area (Å²) in [6.07, 6.45) is 1.38. The summed E-state index contributed by atoms with van der Waals surface area (Å²) in [6, 6.07) is 21.6. The zero-order chi connectivity index (χ0) is 34.3. The summed E-state index contributed by atoms with van der Waals surface area (Å²) in [5.41, 5.74) is 2.86. The van der Waals surface area contributed by atoms with Gasteiger partial charge >= 0.3 is 17.1 Å². The van der Waals surface area contributed by atoms with Gasteiger partial charge in [0.25, 0.3) is 0 Å². The summed E-state index contributed by atoms with van der Waals surface area (Å²) in [5.74, 6) is -2.08. The van der Waals surface area contributed by atoms with Gasteiger partial charge in [0.2, 0.25) is 0 Å². The summed E-state index contributed by atoms with van der Waals surface area (Å²) in [6.45, 7) is 8.68. The van der Waals surface area contributed by atoms with Gasteiger partial charge in [-0.3, -0.25) is 28.8 Å². The maximum Gasteiger partial charge on any atom is 3.00 e. The zero-order valence-corrected chi connectivity index (χ0v) is 30.1. The van der Waals surface area contributed by atoms with Crippen LogP contribution in [0.25, 0.3) is 0 Å². The van der Waals surface area contributed by atoms with Crippen molar-refractivity contribution in [3.05, 3.63) is 105 Å². The number of hydrogen-bond acceptors (Lipinski definition) is 6. The van der Waals surface area contributed by atoms with Gasteiger partial charge in [0.05, 0.1) is 17.8 Å². The fourth-order valence-corrected chi connectivity index (χ4v) is 4.67. The molecule has 0 spiro atoms. The number of hydrogen-bond donors (Lipinski definition) is 0. The number of halogens is 3. The van der Waals surface area contributed by atoms with Gasteiger partial charge in [-0.1, -0.05) is 71.2 Å². The van der Waals surface area contributed by atoms with E-state index in [-0.39, 0.29) is 51.8 Å². The first-order chi connectivity index (χ1) is 21.0. The molecule has 0 N–H and O–H groups in total. The van der Waals surface area contributed by atoms with Gasteiger partial charge in [0.1, 0.15) is 34.7 Å². The Kier molecular flexibility index (Phi) is 20.4. The molecule has 3 aromatic carbocycles. The molecule has 46 heavy (non-hydrogen) atoms. The minimum absolute atomic E-state index is 0. The van der Waals surface area contributed by atoms with Gasteiger partial charge < -0.3 is 0 Å². The maximum atomic E-state index is 11.2. The number of ketones is 6. The molecule has 0 saturated heterocycles. The summed E-state index contributed by atoms with van der Waals surface area (Å²) >= 11 is 17.2. The van der Waals surface area contributed by atoms with E-state index >= 15 is 0 Å². The standard InChI is InChI=1S/3C12H13ClO2.Fe/c3*1-8(14)12(9(2)15)7-10-3-5-11(13)6-4-10;/h3*3-6,12H,7H2,1-2H3;/q;;;+3. The molecule has 6 nitrogen and oxygen atoms in total. The second kappa shape index (κ2) is 21.8. The second-order valence-electron chi connectivity index (χ2n) is 10.8. The number of rotatable bonds is 12. The fourth-order valence-electron chi connectivity index (χ4n) is 4.29. The largest absolute Gasteiger partial charge is 3.00 e. The molecule has 0 aliphatic heterocycles. The first-order valence-corrected chi connectivity index (χ1v) is 15.4. The Morgan fingerprint density at radius 3 is 0.674 bits per heavy atom. The summed E-state index contributed by atoms with van der Waals surface area (Å²) in [5, 5.41) is 1.96. The van der Waals surface area contributed by atoms with Crippen molar-refractivity contribution in [2.24, 2.45) is 17.8 Å². The van der Waals surface area contributed by atoms with Gasteiger partial charge in [-0.25, -0.2) is 0 Å². The predicted molar refractivity (Wildman–Crippen MR) is 180 cm³/mol. The summed E-state index contributed by atoms with van der Waals surface area (Å²) < 4.78 is 0. The summed E-state index contributed by atoms with van der Waals surface area (Å²) in [7, 11) is 0. The molecule has 0 aliphatic rings. The molecular weight excluding hydrogens is 691 g/mol. The molecular formula is C36H39Cl3FeO6+3. The Morgan fingerprint density at radius 2 is 0.543 bits per heavy atom. The molecule has 0 saturated carbocycles. The first kappa shape index (κ1) is 43.1. The van der Waals surface area contributed by atoms with Crippen molar-refractivity contribution in [2.75, 3.05) is 0 Å². The third-order valence-corrected chi connectivity index (χ3v) is 7.76. The normalized spacial score (nSPS) is 10.2. The van der Waals surface area contributed by atoms with Crippen molar-refractivity contribution in [3.63, 3.8) is 0 Å². The van der Waals surface area contributed by atoms with E-state index in [1.54, 1.807) is 36.4 Å². The van der Waals surface area contributed by atoms with Crippen LogP contribution in [0.5, 0.6) is 0 Å². The van der Waals surface area contributed by atoms with Crippen LogP contribution in [0, 0.1) is 17.8 Å². The van der Waals surface area contributed by atoms with Crippen molar-refractivity contribution < 1.29 is 45.8 Å². The van der Waals surface area contributed by atoms with Gasteiger partial charge in [0.15, 0.2) is 0 Å². The minimum Gasteiger partial charge on any atom is -0.299 e. The molecule has 0 heterocycles. The van der Waals surface area contributed by atoms with Gasteiger partial charge in [0, 0.05) is 15.1 Å². The second-order valence-corrected chi connectivity index (χ2v) is 12.1. The first-order valence-electron chi connectivity index (χ1n) is 14.3. The van der Waals surface area contributed by atoms with Crippen LogP contribution in [0.1, 0.15) is 58.2 Å². The van der Waals surface area contributed by atoms with Crippen LogP contribution < -0.4 is 0 Å².